The van der Waals surface area contributed by atoms with Gasteiger partial charge in [-0.15, -0.1) is 0 Å². The van der Waals surface area contributed by atoms with Crippen LogP contribution in [-0.4, -0.2) is 55.4 Å². The number of amides is 1. The summed E-state index contributed by atoms with van der Waals surface area (Å²) in [6.07, 6.45) is -0.845. The molecule has 1 saturated heterocycles. The van der Waals surface area contributed by atoms with E-state index >= 15 is 0 Å². The van der Waals surface area contributed by atoms with Crippen LogP contribution in [0.5, 0.6) is 5.19 Å². The predicted octanol–water partition coefficient (Wildman–Crippen LogP) is 1.50. The second-order valence-electron chi connectivity index (χ2n) is 4.96. The fraction of sp³-hybridized carbons (Fsp3) is 0.429. The molecule has 0 radical (unpaired) electrons. The highest BCUT2D eigenvalue weighted by Gasteiger charge is 2.10. The van der Waals surface area contributed by atoms with Gasteiger partial charge in [-0.1, -0.05) is 11.3 Å². The standard InChI is InChI=1S/C14H18N4O3S/c15-13(19)21-14-17-11-2-1-10(9-12(11)22-14)16-3-4-18-5-7-20-8-6-18/h1-2,9,16H,3-8H2,(H2,15,19). The molecule has 1 aromatic heterocycles. The summed E-state index contributed by atoms with van der Waals surface area (Å²) >= 11 is 1.30. The maximum Gasteiger partial charge on any atom is 0.411 e. The van der Waals surface area contributed by atoms with Crippen LogP contribution in [-0.2, 0) is 4.74 Å². The molecule has 1 aliphatic heterocycles. The molecule has 3 rings (SSSR count). The summed E-state index contributed by atoms with van der Waals surface area (Å²) in [5.74, 6) is 0. The molecule has 0 saturated carbocycles. The third-order valence-electron chi connectivity index (χ3n) is 3.42. The molecular weight excluding hydrogens is 304 g/mol. The first-order valence-electron chi connectivity index (χ1n) is 7.12. The van der Waals surface area contributed by atoms with Gasteiger partial charge < -0.3 is 20.5 Å². The molecule has 0 aliphatic carbocycles. The van der Waals surface area contributed by atoms with Gasteiger partial charge in [-0.25, -0.2) is 9.78 Å². The summed E-state index contributed by atoms with van der Waals surface area (Å²) in [7, 11) is 0. The lowest BCUT2D eigenvalue weighted by molar-refractivity contribution is 0.0398. The van der Waals surface area contributed by atoms with Gasteiger partial charge in [0.1, 0.15) is 0 Å². The van der Waals surface area contributed by atoms with E-state index in [9.17, 15) is 4.79 Å². The average molecular weight is 322 g/mol. The van der Waals surface area contributed by atoms with Crippen molar-refractivity contribution in [2.75, 3.05) is 44.7 Å². The van der Waals surface area contributed by atoms with Crippen molar-refractivity contribution in [2.45, 2.75) is 0 Å². The number of morpholine rings is 1. The minimum absolute atomic E-state index is 0.271. The number of nitrogens with two attached hydrogens (primary N) is 1. The lowest BCUT2D eigenvalue weighted by Gasteiger charge is -2.26. The number of carbonyl (C=O) groups excluding carboxylic acids is 1. The van der Waals surface area contributed by atoms with Crippen LogP contribution in [0.1, 0.15) is 0 Å². The Morgan fingerprint density at radius 3 is 3.05 bits per heavy atom. The van der Waals surface area contributed by atoms with Gasteiger partial charge in [0, 0.05) is 31.9 Å². The van der Waals surface area contributed by atoms with Crippen LogP contribution >= 0.6 is 11.3 Å². The molecule has 0 unspecified atom stereocenters. The van der Waals surface area contributed by atoms with Gasteiger partial charge in [0.2, 0.25) is 0 Å². The number of nitrogens with one attached hydrogen (secondary N) is 1. The Morgan fingerprint density at radius 2 is 2.27 bits per heavy atom. The number of thiazole rings is 1. The molecule has 7 nitrogen and oxygen atoms in total. The first-order valence-corrected chi connectivity index (χ1v) is 7.94. The number of fused-ring (bicyclic) bond motifs is 1. The second kappa shape index (κ2) is 6.91. The Bertz CT molecular complexity index is 655. The van der Waals surface area contributed by atoms with Crippen molar-refractivity contribution >= 4 is 33.3 Å². The summed E-state index contributed by atoms with van der Waals surface area (Å²) in [5.41, 5.74) is 6.81. The molecule has 1 aliphatic rings. The van der Waals surface area contributed by atoms with Gasteiger partial charge in [-0.2, -0.15) is 0 Å². The maximum atomic E-state index is 10.7. The molecule has 2 heterocycles. The van der Waals surface area contributed by atoms with Crippen LogP contribution in [0.3, 0.4) is 0 Å². The highest BCUT2D eigenvalue weighted by atomic mass is 32.1. The molecule has 2 aromatic rings. The second-order valence-corrected chi connectivity index (χ2v) is 5.96. The molecule has 3 N–H and O–H groups in total. The number of aromatic nitrogens is 1. The quantitative estimate of drug-likeness (QED) is 0.867. The average Bonchev–Trinajstić information content (AvgIpc) is 2.89. The number of carbonyl (C=O) groups is 1. The van der Waals surface area contributed by atoms with Crippen LogP contribution in [0.15, 0.2) is 18.2 Å². The third-order valence-corrected chi connectivity index (χ3v) is 4.31. The largest absolute Gasteiger partial charge is 0.411 e. The first kappa shape index (κ1) is 15.0. The Hall–Kier alpha value is -1.90. The Kier molecular flexibility index (Phi) is 4.71. The topological polar surface area (TPSA) is 89.7 Å². The van der Waals surface area contributed by atoms with Crippen LogP contribution in [0.2, 0.25) is 0 Å². The van der Waals surface area contributed by atoms with Gasteiger partial charge in [-0.3, -0.25) is 4.90 Å². The van der Waals surface area contributed by atoms with Crippen molar-refractivity contribution in [1.29, 1.82) is 0 Å². The minimum atomic E-state index is -0.845. The van der Waals surface area contributed by atoms with Crippen LogP contribution in [0.4, 0.5) is 10.5 Å². The van der Waals surface area contributed by atoms with E-state index in [4.69, 9.17) is 15.2 Å². The Labute approximate surface area is 132 Å². The number of rotatable bonds is 5. The van der Waals surface area contributed by atoms with Crippen molar-refractivity contribution in [2.24, 2.45) is 5.73 Å². The van der Waals surface area contributed by atoms with E-state index in [1.165, 1.54) is 11.3 Å². The zero-order valence-corrected chi connectivity index (χ0v) is 12.9. The highest BCUT2D eigenvalue weighted by Crippen LogP contribution is 2.29. The van der Waals surface area contributed by atoms with Crippen molar-refractivity contribution in [3.05, 3.63) is 18.2 Å². The Balaban J connectivity index is 1.58. The van der Waals surface area contributed by atoms with Crippen molar-refractivity contribution in [1.82, 2.24) is 9.88 Å². The van der Waals surface area contributed by atoms with Gasteiger partial charge in [0.15, 0.2) is 0 Å². The number of anilines is 1. The van der Waals surface area contributed by atoms with Gasteiger partial charge in [-0.05, 0) is 18.2 Å². The number of benzene rings is 1. The zero-order chi connectivity index (χ0) is 15.4. The van der Waals surface area contributed by atoms with Gasteiger partial charge in [0.25, 0.3) is 5.19 Å². The molecule has 1 aromatic carbocycles. The molecule has 0 bridgehead atoms. The van der Waals surface area contributed by atoms with Crippen LogP contribution in [0, 0.1) is 0 Å². The van der Waals surface area contributed by atoms with E-state index in [-0.39, 0.29) is 5.19 Å². The normalized spacial score (nSPS) is 15.8. The fourth-order valence-electron chi connectivity index (χ4n) is 2.33. The number of primary amides is 1. The highest BCUT2D eigenvalue weighted by molar-refractivity contribution is 7.20. The molecule has 8 heteroatoms. The number of nitrogens with zero attached hydrogens (tertiary/aromatic N) is 2. The summed E-state index contributed by atoms with van der Waals surface area (Å²) in [5, 5.41) is 3.67. The summed E-state index contributed by atoms with van der Waals surface area (Å²) in [6, 6.07) is 5.87. The first-order chi connectivity index (χ1) is 10.7. The molecule has 118 valence electrons. The molecule has 0 spiro atoms. The van der Waals surface area contributed by atoms with Crippen LogP contribution < -0.4 is 15.8 Å². The molecule has 0 atom stereocenters. The van der Waals surface area contributed by atoms with Crippen LogP contribution in [0.25, 0.3) is 10.2 Å². The SMILES string of the molecule is NC(=O)Oc1nc2ccc(NCCN3CCOCC3)cc2s1. The summed E-state index contributed by atoms with van der Waals surface area (Å²) in [6.45, 7) is 5.47. The van der Waals surface area contributed by atoms with E-state index in [1.54, 1.807) is 0 Å². The van der Waals surface area contributed by atoms with E-state index in [0.29, 0.717) is 0 Å². The van der Waals surface area contributed by atoms with Gasteiger partial charge >= 0.3 is 6.09 Å². The lowest BCUT2D eigenvalue weighted by atomic mass is 10.3. The molecule has 1 amide bonds. The minimum Gasteiger partial charge on any atom is -0.384 e. The lowest BCUT2D eigenvalue weighted by Crippen LogP contribution is -2.38. The maximum absolute atomic E-state index is 10.7. The van der Waals surface area contributed by atoms with E-state index in [2.05, 4.69) is 15.2 Å². The van der Waals surface area contributed by atoms with Crippen molar-refractivity contribution < 1.29 is 14.3 Å². The molecule has 22 heavy (non-hydrogen) atoms. The van der Waals surface area contributed by atoms with E-state index in [1.807, 2.05) is 18.2 Å². The fourth-order valence-corrected chi connectivity index (χ4v) is 3.19. The smallest absolute Gasteiger partial charge is 0.384 e. The zero-order valence-electron chi connectivity index (χ0n) is 12.1. The number of ether oxygens (including phenoxy) is 2. The third kappa shape index (κ3) is 3.85. The van der Waals surface area contributed by atoms with E-state index in [0.717, 1.165) is 55.3 Å². The van der Waals surface area contributed by atoms with E-state index < -0.39 is 6.09 Å². The van der Waals surface area contributed by atoms with Crippen molar-refractivity contribution in [3.63, 3.8) is 0 Å². The summed E-state index contributed by atoms with van der Waals surface area (Å²) in [4.78, 5) is 17.3. The molecular formula is C14H18N4O3S. The van der Waals surface area contributed by atoms with Crippen molar-refractivity contribution in [3.8, 4) is 5.19 Å². The number of hydrogen-bond acceptors (Lipinski definition) is 7. The predicted molar refractivity (Wildman–Crippen MR) is 85.6 cm³/mol. The monoisotopic (exact) mass is 322 g/mol. The summed E-state index contributed by atoms with van der Waals surface area (Å²) < 4.78 is 11.1. The van der Waals surface area contributed by atoms with Gasteiger partial charge in [0.05, 0.1) is 23.4 Å². The number of hydrogen-bond donors (Lipinski definition) is 2. The molecule has 1 fully saturated rings. The Morgan fingerprint density at radius 1 is 1.45 bits per heavy atom.